The molecule has 2 aromatic heterocycles. The number of hydrogen-bond donors (Lipinski definition) is 3. The van der Waals surface area contributed by atoms with E-state index in [0.717, 1.165) is 11.3 Å². The zero-order valence-electron chi connectivity index (χ0n) is 11.6. The Hall–Kier alpha value is -2.05. The van der Waals surface area contributed by atoms with Gasteiger partial charge in [-0.1, -0.05) is 12.1 Å². The molecule has 21 heavy (non-hydrogen) atoms. The highest BCUT2D eigenvalue weighted by Gasteiger charge is 2.14. The molecule has 0 amide bonds. The minimum Gasteiger partial charge on any atom is -0.395 e. The van der Waals surface area contributed by atoms with Crippen LogP contribution in [0.2, 0.25) is 0 Å². The first-order valence-electron chi connectivity index (χ1n) is 6.74. The molecule has 0 saturated carbocycles. The number of pyridine rings is 2. The second kappa shape index (κ2) is 8.28. The summed E-state index contributed by atoms with van der Waals surface area (Å²) in [5.41, 5.74) is 2.01. The zero-order chi connectivity index (χ0) is 14.9. The lowest BCUT2D eigenvalue weighted by Crippen LogP contribution is -2.39. The van der Waals surface area contributed by atoms with Crippen molar-refractivity contribution >= 4 is 17.3 Å². The Morgan fingerprint density at radius 2 is 2.14 bits per heavy atom. The smallest absolute Gasteiger partial charge is 0.166 e. The number of aromatic nitrogens is 2. The molecule has 0 aliphatic heterocycles. The van der Waals surface area contributed by atoms with E-state index in [4.69, 9.17) is 17.3 Å². The fraction of sp³-hybridized carbons (Fsp3) is 0.267. The molecular weight excluding hydrogens is 284 g/mol. The normalized spacial score (nSPS) is 11.7. The van der Waals surface area contributed by atoms with Gasteiger partial charge in [-0.3, -0.25) is 9.97 Å². The summed E-state index contributed by atoms with van der Waals surface area (Å²) in [7, 11) is 0. The van der Waals surface area contributed by atoms with Crippen LogP contribution < -0.4 is 10.6 Å². The van der Waals surface area contributed by atoms with Crippen LogP contribution >= 0.6 is 12.2 Å². The molecule has 6 heteroatoms. The van der Waals surface area contributed by atoms with Gasteiger partial charge in [-0.2, -0.15) is 0 Å². The first-order chi connectivity index (χ1) is 10.3. The molecule has 1 atom stereocenters. The van der Waals surface area contributed by atoms with Crippen molar-refractivity contribution in [3.05, 3.63) is 60.2 Å². The first-order valence-corrected chi connectivity index (χ1v) is 7.15. The van der Waals surface area contributed by atoms with Crippen LogP contribution in [0.5, 0.6) is 0 Å². The minimum absolute atomic E-state index is 0.0210. The molecular formula is C15H18N4OS. The Labute approximate surface area is 129 Å². The van der Waals surface area contributed by atoms with Gasteiger partial charge in [-0.05, 0) is 36.0 Å². The maximum absolute atomic E-state index is 8.83. The summed E-state index contributed by atoms with van der Waals surface area (Å²) in [5, 5.41) is 15.5. The van der Waals surface area contributed by atoms with Crippen molar-refractivity contribution in [3.8, 4) is 0 Å². The Kier molecular flexibility index (Phi) is 6.05. The summed E-state index contributed by atoms with van der Waals surface area (Å²) < 4.78 is 0. The van der Waals surface area contributed by atoms with Crippen molar-refractivity contribution in [2.24, 2.45) is 0 Å². The summed E-state index contributed by atoms with van der Waals surface area (Å²) in [5.74, 6) is 0. The molecule has 0 saturated heterocycles. The van der Waals surface area contributed by atoms with Crippen molar-refractivity contribution in [1.29, 1.82) is 0 Å². The summed E-state index contributed by atoms with van der Waals surface area (Å²) in [6, 6.07) is 9.71. The third-order valence-electron chi connectivity index (χ3n) is 2.93. The standard InChI is InChI=1S/C15H18N4OS/c20-9-8-18-15(21)19-14(12-4-3-6-16-11-12)10-13-5-1-2-7-17-13/h1-7,11,14,20H,8-10H2,(H2,18,19,21). The third-order valence-corrected chi connectivity index (χ3v) is 3.19. The predicted molar refractivity (Wildman–Crippen MR) is 85.7 cm³/mol. The van der Waals surface area contributed by atoms with E-state index in [1.807, 2.05) is 36.5 Å². The van der Waals surface area contributed by atoms with Crippen molar-refractivity contribution in [2.45, 2.75) is 12.5 Å². The molecule has 0 aliphatic rings. The second-order valence-electron chi connectivity index (χ2n) is 4.49. The maximum atomic E-state index is 8.83. The summed E-state index contributed by atoms with van der Waals surface area (Å²) in [6.45, 7) is 0.467. The van der Waals surface area contributed by atoms with Crippen LogP contribution in [0.4, 0.5) is 0 Å². The zero-order valence-corrected chi connectivity index (χ0v) is 12.4. The quantitative estimate of drug-likeness (QED) is 0.697. The van der Waals surface area contributed by atoms with Gasteiger partial charge in [0.2, 0.25) is 0 Å². The number of aliphatic hydroxyl groups is 1. The lowest BCUT2D eigenvalue weighted by atomic mass is 10.0. The molecule has 0 spiro atoms. The molecule has 2 aromatic rings. The van der Waals surface area contributed by atoms with E-state index < -0.39 is 0 Å². The number of rotatable bonds is 6. The Balaban J connectivity index is 2.09. The molecule has 0 aromatic carbocycles. The fourth-order valence-corrected chi connectivity index (χ4v) is 2.19. The van der Waals surface area contributed by atoms with Gasteiger partial charge in [-0.25, -0.2) is 0 Å². The van der Waals surface area contributed by atoms with Crippen molar-refractivity contribution in [1.82, 2.24) is 20.6 Å². The summed E-state index contributed by atoms with van der Waals surface area (Å²) in [4.78, 5) is 8.50. The highest BCUT2D eigenvalue weighted by Crippen LogP contribution is 2.16. The van der Waals surface area contributed by atoms with E-state index in [-0.39, 0.29) is 12.6 Å². The van der Waals surface area contributed by atoms with E-state index >= 15 is 0 Å². The van der Waals surface area contributed by atoms with Gasteiger partial charge in [0.1, 0.15) is 0 Å². The summed E-state index contributed by atoms with van der Waals surface area (Å²) in [6.07, 6.45) is 6.03. The van der Waals surface area contributed by atoms with Gasteiger partial charge in [-0.15, -0.1) is 0 Å². The first kappa shape index (κ1) is 15.3. The van der Waals surface area contributed by atoms with Crippen LogP contribution in [-0.4, -0.2) is 33.3 Å². The van der Waals surface area contributed by atoms with Crippen molar-refractivity contribution < 1.29 is 5.11 Å². The summed E-state index contributed by atoms with van der Waals surface area (Å²) >= 11 is 5.24. The average Bonchev–Trinajstić information content (AvgIpc) is 2.54. The molecule has 0 fully saturated rings. The second-order valence-corrected chi connectivity index (χ2v) is 4.90. The van der Waals surface area contributed by atoms with Crippen LogP contribution in [0.25, 0.3) is 0 Å². The van der Waals surface area contributed by atoms with Gasteiger partial charge in [0.05, 0.1) is 12.6 Å². The third kappa shape index (κ3) is 5.09. The Bertz CT molecular complexity index is 550. The van der Waals surface area contributed by atoms with Crippen LogP contribution in [-0.2, 0) is 6.42 Å². The number of nitrogens with one attached hydrogen (secondary N) is 2. The van der Waals surface area contributed by atoms with Crippen LogP contribution in [0.15, 0.2) is 48.9 Å². The van der Waals surface area contributed by atoms with Crippen molar-refractivity contribution in [3.63, 3.8) is 0 Å². The van der Waals surface area contributed by atoms with Gasteiger partial charge in [0, 0.05) is 37.3 Å². The molecule has 1 unspecified atom stereocenters. The molecule has 5 nitrogen and oxygen atoms in total. The fourth-order valence-electron chi connectivity index (χ4n) is 1.94. The maximum Gasteiger partial charge on any atom is 0.166 e. The van der Waals surface area contributed by atoms with Crippen LogP contribution in [0.1, 0.15) is 17.3 Å². The van der Waals surface area contributed by atoms with Gasteiger partial charge in [0.25, 0.3) is 0 Å². The highest BCUT2D eigenvalue weighted by atomic mass is 32.1. The average molecular weight is 302 g/mol. The predicted octanol–water partition coefficient (Wildman–Crippen LogP) is 1.22. The van der Waals surface area contributed by atoms with E-state index in [9.17, 15) is 0 Å². The van der Waals surface area contributed by atoms with E-state index in [2.05, 4.69) is 20.6 Å². The lowest BCUT2D eigenvalue weighted by Gasteiger charge is -2.20. The van der Waals surface area contributed by atoms with E-state index in [0.29, 0.717) is 18.1 Å². The van der Waals surface area contributed by atoms with Gasteiger partial charge in [0.15, 0.2) is 5.11 Å². The number of thiocarbonyl (C=S) groups is 1. The van der Waals surface area contributed by atoms with E-state index in [1.165, 1.54) is 0 Å². The lowest BCUT2D eigenvalue weighted by molar-refractivity contribution is 0.300. The van der Waals surface area contributed by atoms with Gasteiger partial charge < -0.3 is 15.7 Å². The molecule has 3 N–H and O–H groups in total. The molecule has 2 rings (SSSR count). The van der Waals surface area contributed by atoms with Crippen molar-refractivity contribution in [2.75, 3.05) is 13.2 Å². The molecule has 2 heterocycles. The topological polar surface area (TPSA) is 70.1 Å². The minimum atomic E-state index is -0.0210. The Morgan fingerprint density at radius 3 is 2.81 bits per heavy atom. The van der Waals surface area contributed by atoms with Crippen LogP contribution in [0, 0.1) is 0 Å². The largest absolute Gasteiger partial charge is 0.395 e. The SMILES string of the molecule is OCCNC(=S)NC(Cc1ccccn1)c1cccnc1. The van der Waals surface area contributed by atoms with Crippen LogP contribution in [0.3, 0.4) is 0 Å². The molecule has 0 aliphatic carbocycles. The monoisotopic (exact) mass is 302 g/mol. The molecule has 110 valence electrons. The number of nitrogens with zero attached hydrogens (tertiary/aromatic N) is 2. The van der Waals surface area contributed by atoms with E-state index in [1.54, 1.807) is 12.4 Å². The number of hydrogen-bond acceptors (Lipinski definition) is 4. The highest BCUT2D eigenvalue weighted by molar-refractivity contribution is 7.80. The number of aliphatic hydroxyl groups excluding tert-OH is 1. The van der Waals surface area contributed by atoms with Gasteiger partial charge >= 0.3 is 0 Å². The molecule has 0 radical (unpaired) electrons. The Morgan fingerprint density at radius 1 is 1.24 bits per heavy atom. The molecule has 0 bridgehead atoms.